The number of anilines is 1. The first-order valence-electron chi connectivity index (χ1n) is 9.14. The summed E-state index contributed by atoms with van der Waals surface area (Å²) in [7, 11) is -3.28. The number of sulfonamides is 1. The van der Waals surface area contributed by atoms with Gasteiger partial charge in [0.05, 0.1) is 6.26 Å². The van der Waals surface area contributed by atoms with Crippen LogP contribution in [-0.2, 0) is 26.7 Å². The Bertz CT molecular complexity index is 941. The molecule has 5 nitrogen and oxygen atoms in total. The number of fused-ring (bicyclic) bond motifs is 1. The van der Waals surface area contributed by atoms with E-state index in [-0.39, 0.29) is 11.3 Å². The molecule has 2 unspecified atom stereocenters. The minimum Gasteiger partial charge on any atom is -0.342 e. The number of benzene rings is 1. The molecule has 4 rings (SSSR count). The Labute approximate surface area is 164 Å². The van der Waals surface area contributed by atoms with Gasteiger partial charge in [-0.2, -0.15) is 11.3 Å². The van der Waals surface area contributed by atoms with Gasteiger partial charge in [-0.3, -0.25) is 9.52 Å². The molecule has 144 valence electrons. The molecule has 1 aliphatic heterocycles. The molecule has 1 N–H and O–H groups in total. The number of rotatable bonds is 6. The number of aryl methyl sites for hydroxylation is 1. The number of hydrogen-bond donors (Lipinski definition) is 1. The first-order valence-corrected chi connectivity index (χ1v) is 12.0. The van der Waals surface area contributed by atoms with Gasteiger partial charge in [-0.1, -0.05) is 19.1 Å². The maximum absolute atomic E-state index is 12.5. The zero-order valence-corrected chi connectivity index (χ0v) is 17.1. The summed E-state index contributed by atoms with van der Waals surface area (Å²) in [5.74, 6) is 1.15. The summed E-state index contributed by atoms with van der Waals surface area (Å²) < 4.78 is 25.5. The normalized spacial score (nSPS) is 26.7. The SMILES string of the molecule is CC1(c2cccc(NS(C)(=O)=O)c2)C2CN(C(=O)CCc3ccsc3)CC21. The lowest BCUT2D eigenvalue weighted by Crippen LogP contribution is -2.34. The van der Waals surface area contributed by atoms with E-state index in [2.05, 4.69) is 29.2 Å². The van der Waals surface area contributed by atoms with Crippen molar-refractivity contribution in [1.82, 2.24) is 4.90 Å². The van der Waals surface area contributed by atoms with E-state index >= 15 is 0 Å². The third-order valence-corrected chi connectivity index (χ3v) is 7.44. The fourth-order valence-corrected chi connectivity index (χ4v) is 5.75. The summed E-state index contributed by atoms with van der Waals surface area (Å²) in [6.07, 6.45) is 2.54. The highest BCUT2D eigenvalue weighted by Crippen LogP contribution is 2.63. The Kier molecular flexibility index (Phi) is 4.55. The number of amides is 1. The number of thiophene rings is 1. The van der Waals surface area contributed by atoms with Crippen LogP contribution in [0, 0.1) is 11.8 Å². The Morgan fingerprint density at radius 1 is 1.30 bits per heavy atom. The van der Waals surface area contributed by atoms with Crippen LogP contribution in [0.3, 0.4) is 0 Å². The van der Waals surface area contributed by atoms with E-state index in [4.69, 9.17) is 0 Å². The van der Waals surface area contributed by atoms with Crippen molar-refractivity contribution >= 4 is 33.0 Å². The minimum absolute atomic E-state index is 0.0271. The van der Waals surface area contributed by atoms with E-state index in [1.54, 1.807) is 17.4 Å². The summed E-state index contributed by atoms with van der Waals surface area (Å²) in [5, 5.41) is 4.15. The molecule has 0 spiro atoms. The number of nitrogens with zero attached hydrogens (tertiary/aromatic N) is 1. The lowest BCUT2D eigenvalue weighted by molar-refractivity contribution is -0.130. The molecule has 1 saturated carbocycles. The Morgan fingerprint density at radius 2 is 2.04 bits per heavy atom. The number of likely N-dealkylation sites (tertiary alicyclic amines) is 1. The maximum atomic E-state index is 12.5. The molecule has 1 aromatic carbocycles. The minimum atomic E-state index is -3.28. The highest BCUT2D eigenvalue weighted by molar-refractivity contribution is 7.92. The van der Waals surface area contributed by atoms with Gasteiger partial charge < -0.3 is 4.90 Å². The number of nitrogens with one attached hydrogen (secondary N) is 1. The first kappa shape index (κ1) is 18.5. The van der Waals surface area contributed by atoms with Gasteiger partial charge in [0, 0.05) is 30.6 Å². The van der Waals surface area contributed by atoms with Gasteiger partial charge in [-0.25, -0.2) is 8.42 Å². The molecule has 0 radical (unpaired) electrons. The smallest absolute Gasteiger partial charge is 0.229 e. The van der Waals surface area contributed by atoms with E-state index in [1.165, 1.54) is 5.56 Å². The fourth-order valence-electron chi connectivity index (χ4n) is 4.49. The number of carbonyl (C=O) groups excluding carboxylic acids is 1. The van der Waals surface area contributed by atoms with Crippen molar-refractivity contribution in [2.45, 2.75) is 25.2 Å². The average molecular weight is 405 g/mol. The molecule has 2 aliphatic rings. The van der Waals surface area contributed by atoms with Crippen LogP contribution in [0.2, 0.25) is 0 Å². The van der Waals surface area contributed by atoms with Gasteiger partial charge in [-0.05, 0) is 58.3 Å². The molecular formula is C20H24N2O3S2. The third-order valence-electron chi connectivity index (χ3n) is 6.10. The number of piperidine rings is 1. The lowest BCUT2D eigenvalue weighted by atomic mass is 9.92. The zero-order chi connectivity index (χ0) is 19.2. The zero-order valence-electron chi connectivity index (χ0n) is 15.5. The topological polar surface area (TPSA) is 66.5 Å². The molecule has 1 amide bonds. The monoisotopic (exact) mass is 404 g/mol. The molecule has 2 atom stereocenters. The first-order chi connectivity index (χ1) is 12.8. The highest BCUT2D eigenvalue weighted by Gasteiger charge is 2.66. The second-order valence-corrected chi connectivity index (χ2v) is 10.4. The molecule has 2 fully saturated rings. The molecule has 7 heteroatoms. The van der Waals surface area contributed by atoms with E-state index in [0.29, 0.717) is 23.9 Å². The van der Waals surface area contributed by atoms with E-state index in [1.807, 2.05) is 22.4 Å². The molecule has 0 bridgehead atoms. The van der Waals surface area contributed by atoms with Crippen LogP contribution >= 0.6 is 11.3 Å². The Balaban J connectivity index is 1.38. The Morgan fingerprint density at radius 3 is 2.67 bits per heavy atom. The molecule has 2 aromatic rings. The van der Waals surface area contributed by atoms with Crippen molar-refractivity contribution in [1.29, 1.82) is 0 Å². The third kappa shape index (κ3) is 3.62. The highest BCUT2D eigenvalue weighted by atomic mass is 32.2. The molecule has 1 aromatic heterocycles. The second-order valence-electron chi connectivity index (χ2n) is 7.88. The van der Waals surface area contributed by atoms with Crippen molar-refractivity contribution in [3.05, 3.63) is 52.2 Å². The summed E-state index contributed by atoms with van der Waals surface area (Å²) in [6, 6.07) is 9.74. The van der Waals surface area contributed by atoms with Crippen LogP contribution < -0.4 is 4.72 Å². The maximum Gasteiger partial charge on any atom is 0.229 e. The largest absolute Gasteiger partial charge is 0.342 e. The van der Waals surface area contributed by atoms with Gasteiger partial charge in [0.15, 0.2) is 0 Å². The number of hydrogen-bond acceptors (Lipinski definition) is 4. The van der Waals surface area contributed by atoms with Crippen LogP contribution in [0.4, 0.5) is 5.69 Å². The molecular weight excluding hydrogens is 380 g/mol. The molecule has 2 heterocycles. The van der Waals surface area contributed by atoms with Gasteiger partial charge in [-0.15, -0.1) is 0 Å². The van der Waals surface area contributed by atoms with Gasteiger partial charge in [0.25, 0.3) is 0 Å². The van der Waals surface area contributed by atoms with Gasteiger partial charge in [0.1, 0.15) is 0 Å². The standard InChI is InChI=1S/C20H24N2O3S2/c1-20(15-4-3-5-16(10-15)21-27(2,24)25)17-11-22(12-18(17)20)19(23)7-6-14-8-9-26-13-14/h3-5,8-10,13,17-18,21H,6-7,11-12H2,1-2H3. The average Bonchev–Trinajstić information content (AvgIpc) is 3.07. The molecule has 1 aliphatic carbocycles. The summed E-state index contributed by atoms with van der Waals surface area (Å²) in [4.78, 5) is 14.5. The predicted octanol–water partition coefficient (Wildman–Crippen LogP) is 3.10. The summed E-state index contributed by atoms with van der Waals surface area (Å²) in [5.41, 5.74) is 3.01. The van der Waals surface area contributed by atoms with Crippen LogP contribution in [0.1, 0.15) is 24.5 Å². The van der Waals surface area contributed by atoms with Crippen LogP contribution in [0.25, 0.3) is 0 Å². The van der Waals surface area contributed by atoms with Gasteiger partial charge in [0.2, 0.25) is 15.9 Å². The predicted molar refractivity (Wildman–Crippen MR) is 108 cm³/mol. The lowest BCUT2D eigenvalue weighted by Gasteiger charge is -2.25. The van der Waals surface area contributed by atoms with Crippen molar-refractivity contribution < 1.29 is 13.2 Å². The van der Waals surface area contributed by atoms with Crippen molar-refractivity contribution in [2.24, 2.45) is 11.8 Å². The summed E-state index contributed by atoms with van der Waals surface area (Å²) >= 11 is 1.67. The van der Waals surface area contributed by atoms with Crippen LogP contribution in [0.15, 0.2) is 41.1 Å². The second kappa shape index (κ2) is 6.63. The fraction of sp³-hybridized carbons (Fsp3) is 0.450. The van der Waals surface area contributed by atoms with E-state index in [0.717, 1.165) is 31.3 Å². The quantitative estimate of drug-likeness (QED) is 0.805. The van der Waals surface area contributed by atoms with Crippen molar-refractivity contribution in [3.8, 4) is 0 Å². The Hall–Kier alpha value is -1.86. The van der Waals surface area contributed by atoms with Crippen molar-refractivity contribution in [2.75, 3.05) is 24.1 Å². The van der Waals surface area contributed by atoms with Crippen molar-refractivity contribution in [3.63, 3.8) is 0 Å². The van der Waals surface area contributed by atoms with E-state index in [9.17, 15) is 13.2 Å². The van der Waals surface area contributed by atoms with Crippen LogP contribution in [-0.4, -0.2) is 38.6 Å². The molecule has 27 heavy (non-hydrogen) atoms. The molecule has 1 saturated heterocycles. The van der Waals surface area contributed by atoms with Crippen LogP contribution in [0.5, 0.6) is 0 Å². The van der Waals surface area contributed by atoms with Gasteiger partial charge >= 0.3 is 0 Å². The van der Waals surface area contributed by atoms with E-state index < -0.39 is 10.0 Å². The number of carbonyl (C=O) groups is 1. The summed E-state index contributed by atoms with van der Waals surface area (Å²) in [6.45, 7) is 3.83.